The lowest BCUT2D eigenvalue weighted by molar-refractivity contribution is -0.0545. The highest BCUT2D eigenvalue weighted by Gasteiger charge is 2.31. The van der Waals surface area contributed by atoms with Crippen LogP contribution in [0.25, 0.3) is 5.76 Å². The van der Waals surface area contributed by atoms with Gasteiger partial charge in [-0.2, -0.15) is 5.26 Å². The van der Waals surface area contributed by atoms with Crippen LogP contribution in [0.2, 0.25) is 0 Å². The molecule has 3 heteroatoms. The molecule has 21 heavy (non-hydrogen) atoms. The predicted octanol–water partition coefficient (Wildman–Crippen LogP) is 3.44. The summed E-state index contributed by atoms with van der Waals surface area (Å²) in [6.07, 6.45) is -0.508. The highest BCUT2D eigenvalue weighted by atomic mass is 16.6. The van der Waals surface area contributed by atoms with Crippen LogP contribution < -0.4 is 0 Å². The summed E-state index contributed by atoms with van der Waals surface area (Å²) in [5.74, 6) is 0.334. The van der Waals surface area contributed by atoms with Crippen LogP contribution in [-0.4, -0.2) is 11.4 Å². The Morgan fingerprint density at radius 3 is 2.24 bits per heavy atom. The van der Waals surface area contributed by atoms with Crippen molar-refractivity contribution in [3.63, 3.8) is 0 Å². The monoisotopic (exact) mass is 277 g/mol. The molecule has 0 fully saturated rings. The first kappa shape index (κ1) is 13.4. The quantitative estimate of drug-likeness (QED) is 0.914. The number of hydrogen-bond donors (Lipinski definition) is 1. The molecule has 0 saturated carbocycles. The van der Waals surface area contributed by atoms with Crippen molar-refractivity contribution in [2.24, 2.45) is 0 Å². The molecule has 104 valence electrons. The van der Waals surface area contributed by atoms with Gasteiger partial charge in [0.2, 0.25) is 0 Å². The number of benzene rings is 2. The molecular weight excluding hydrogens is 262 g/mol. The van der Waals surface area contributed by atoms with E-state index >= 15 is 0 Å². The summed E-state index contributed by atoms with van der Waals surface area (Å²) < 4.78 is 5.54. The molecule has 0 spiro atoms. The molecule has 1 N–H and O–H groups in total. The number of aliphatic hydroxyl groups excluding tert-OH is 1. The number of nitrogens with zero attached hydrogens (tertiary/aromatic N) is 1. The zero-order valence-electron chi connectivity index (χ0n) is 11.4. The van der Waals surface area contributed by atoms with Gasteiger partial charge >= 0.3 is 0 Å². The van der Waals surface area contributed by atoms with Crippen LogP contribution in [0.15, 0.2) is 66.2 Å². The molecule has 2 aromatic carbocycles. The maximum absolute atomic E-state index is 10.0. The molecule has 1 heterocycles. The Morgan fingerprint density at radius 1 is 1.00 bits per heavy atom. The standard InChI is InChI=1S/C18H15NO2/c19-12-16-15(13-7-3-1-4-8-13)11-17(20)21-18(16)14-9-5-2-6-10-14/h1-10,15,17,20H,11H2/t15-,17?/m0/s1. The minimum absolute atomic E-state index is 0.143. The van der Waals surface area contributed by atoms with Gasteiger partial charge in [0.1, 0.15) is 5.76 Å². The van der Waals surface area contributed by atoms with E-state index in [9.17, 15) is 10.4 Å². The molecule has 0 saturated heterocycles. The Balaban J connectivity index is 2.11. The van der Waals surface area contributed by atoms with Crippen molar-refractivity contribution < 1.29 is 9.84 Å². The minimum Gasteiger partial charge on any atom is -0.463 e. The van der Waals surface area contributed by atoms with E-state index in [2.05, 4.69) is 6.07 Å². The van der Waals surface area contributed by atoms with Gasteiger partial charge < -0.3 is 9.84 Å². The van der Waals surface area contributed by atoms with Crippen molar-refractivity contribution >= 4 is 5.76 Å². The molecule has 2 atom stereocenters. The van der Waals surface area contributed by atoms with E-state index in [1.54, 1.807) is 0 Å². The molecule has 3 rings (SSSR count). The second kappa shape index (κ2) is 5.82. The van der Waals surface area contributed by atoms with Gasteiger partial charge in [-0.05, 0) is 5.56 Å². The van der Waals surface area contributed by atoms with Crippen molar-refractivity contribution in [3.8, 4) is 6.07 Å². The number of aliphatic hydroxyl groups is 1. The van der Waals surface area contributed by atoms with E-state index in [0.717, 1.165) is 11.1 Å². The lowest BCUT2D eigenvalue weighted by Crippen LogP contribution is -2.23. The molecule has 1 aliphatic rings. The Hall–Kier alpha value is -2.57. The molecular formula is C18H15NO2. The highest BCUT2D eigenvalue weighted by Crippen LogP contribution is 2.39. The second-order valence-corrected chi connectivity index (χ2v) is 4.99. The van der Waals surface area contributed by atoms with Crippen LogP contribution in [0, 0.1) is 11.3 Å². The summed E-state index contributed by atoms with van der Waals surface area (Å²) >= 11 is 0. The molecule has 0 amide bonds. The summed E-state index contributed by atoms with van der Waals surface area (Å²) in [4.78, 5) is 0. The Morgan fingerprint density at radius 2 is 1.62 bits per heavy atom. The summed E-state index contributed by atoms with van der Waals surface area (Å²) in [6, 6.07) is 21.5. The molecule has 3 nitrogen and oxygen atoms in total. The molecule has 0 aromatic heterocycles. The lowest BCUT2D eigenvalue weighted by Gasteiger charge is -2.29. The number of rotatable bonds is 2. The number of hydrogen-bond acceptors (Lipinski definition) is 3. The topological polar surface area (TPSA) is 53.2 Å². The van der Waals surface area contributed by atoms with Gasteiger partial charge in [-0.25, -0.2) is 0 Å². The fourth-order valence-electron chi connectivity index (χ4n) is 2.66. The average Bonchev–Trinajstić information content (AvgIpc) is 2.55. The van der Waals surface area contributed by atoms with Crippen molar-refractivity contribution in [2.75, 3.05) is 0 Å². The lowest BCUT2D eigenvalue weighted by atomic mass is 9.85. The van der Waals surface area contributed by atoms with Gasteiger partial charge in [0.05, 0.1) is 11.6 Å². The molecule has 1 unspecified atom stereocenters. The summed E-state index contributed by atoms with van der Waals surface area (Å²) in [5.41, 5.74) is 2.40. The Kier molecular flexibility index (Phi) is 3.72. The molecule has 1 aliphatic heterocycles. The van der Waals surface area contributed by atoms with Gasteiger partial charge in [-0.1, -0.05) is 60.7 Å². The summed E-state index contributed by atoms with van der Waals surface area (Å²) in [6.45, 7) is 0. The maximum Gasteiger partial charge on any atom is 0.198 e. The van der Waals surface area contributed by atoms with Gasteiger partial charge in [-0.3, -0.25) is 0 Å². The van der Waals surface area contributed by atoms with Gasteiger partial charge in [0, 0.05) is 17.9 Å². The van der Waals surface area contributed by atoms with E-state index in [1.807, 2.05) is 60.7 Å². The molecule has 2 aromatic rings. The summed E-state index contributed by atoms with van der Waals surface area (Å²) in [7, 11) is 0. The van der Waals surface area contributed by atoms with Crippen molar-refractivity contribution in [1.82, 2.24) is 0 Å². The predicted molar refractivity (Wildman–Crippen MR) is 79.9 cm³/mol. The first-order valence-electron chi connectivity index (χ1n) is 6.89. The first-order chi connectivity index (χ1) is 10.3. The Bertz CT molecular complexity index is 686. The van der Waals surface area contributed by atoms with Crippen LogP contribution in [0.4, 0.5) is 0 Å². The van der Waals surface area contributed by atoms with Crippen molar-refractivity contribution in [3.05, 3.63) is 77.4 Å². The number of ether oxygens (including phenoxy) is 1. The highest BCUT2D eigenvalue weighted by molar-refractivity contribution is 5.69. The zero-order valence-corrected chi connectivity index (χ0v) is 11.4. The van der Waals surface area contributed by atoms with Crippen LogP contribution in [0.1, 0.15) is 23.5 Å². The minimum atomic E-state index is -0.900. The first-order valence-corrected chi connectivity index (χ1v) is 6.89. The van der Waals surface area contributed by atoms with E-state index in [1.165, 1.54) is 0 Å². The Labute approximate surface area is 123 Å². The third-order valence-electron chi connectivity index (χ3n) is 3.64. The van der Waals surface area contributed by atoms with E-state index < -0.39 is 6.29 Å². The third-order valence-corrected chi connectivity index (χ3v) is 3.64. The van der Waals surface area contributed by atoms with Gasteiger partial charge in [0.25, 0.3) is 0 Å². The second-order valence-electron chi connectivity index (χ2n) is 4.99. The smallest absolute Gasteiger partial charge is 0.198 e. The number of nitriles is 1. The SMILES string of the molecule is N#CC1=C(c2ccccc2)OC(O)C[C@H]1c1ccccc1. The largest absolute Gasteiger partial charge is 0.463 e. The van der Waals surface area contributed by atoms with Gasteiger partial charge in [-0.15, -0.1) is 0 Å². The third kappa shape index (κ3) is 2.67. The van der Waals surface area contributed by atoms with Gasteiger partial charge in [0.15, 0.2) is 6.29 Å². The average molecular weight is 277 g/mol. The number of allylic oxidation sites excluding steroid dienone is 1. The molecule has 0 aliphatic carbocycles. The van der Waals surface area contributed by atoms with Crippen LogP contribution in [-0.2, 0) is 4.74 Å². The van der Waals surface area contributed by atoms with E-state index in [4.69, 9.17) is 4.74 Å². The molecule has 0 bridgehead atoms. The van der Waals surface area contributed by atoms with E-state index in [-0.39, 0.29) is 5.92 Å². The van der Waals surface area contributed by atoms with Crippen LogP contribution >= 0.6 is 0 Å². The van der Waals surface area contributed by atoms with Crippen LogP contribution in [0.5, 0.6) is 0 Å². The van der Waals surface area contributed by atoms with Crippen molar-refractivity contribution in [2.45, 2.75) is 18.6 Å². The fraction of sp³-hybridized carbons (Fsp3) is 0.167. The zero-order chi connectivity index (χ0) is 14.7. The molecule has 0 radical (unpaired) electrons. The maximum atomic E-state index is 10.0. The van der Waals surface area contributed by atoms with Crippen LogP contribution in [0.3, 0.4) is 0 Å². The normalized spacial score (nSPS) is 21.5. The summed E-state index contributed by atoms with van der Waals surface area (Å²) in [5, 5.41) is 19.6. The fourth-order valence-corrected chi connectivity index (χ4v) is 2.66. The van der Waals surface area contributed by atoms with E-state index in [0.29, 0.717) is 17.8 Å². The van der Waals surface area contributed by atoms with Crippen molar-refractivity contribution in [1.29, 1.82) is 5.26 Å².